The van der Waals surface area contributed by atoms with Crippen LogP contribution in [0.15, 0.2) is 0 Å². The normalized spacial score (nSPS) is 45.7. The standard InChI is InChI=1S/C8H9NO5/c1-3-5-4(2-10)8(13,6(11)9-3)7(12)14-5/h2-5,13H,1H3,(H,9,11)/t3-,4-,5-,8+/m0/s1. The number of piperidine rings is 1. The van der Waals surface area contributed by atoms with E-state index in [0.717, 1.165) is 0 Å². The highest BCUT2D eigenvalue weighted by molar-refractivity contribution is 6.11. The Labute approximate surface area is 79.2 Å². The van der Waals surface area contributed by atoms with Crippen LogP contribution in [0.2, 0.25) is 0 Å². The van der Waals surface area contributed by atoms with Crippen molar-refractivity contribution in [1.82, 2.24) is 5.32 Å². The number of nitrogens with one attached hydrogen (secondary N) is 1. The molecular formula is C8H9NO5. The average Bonchev–Trinajstić information content (AvgIpc) is 2.35. The molecule has 2 aliphatic rings. The fraction of sp³-hybridized carbons (Fsp3) is 0.625. The van der Waals surface area contributed by atoms with E-state index in [1.807, 2.05) is 0 Å². The summed E-state index contributed by atoms with van der Waals surface area (Å²) in [5.74, 6) is -3.00. The van der Waals surface area contributed by atoms with Crippen molar-refractivity contribution in [2.45, 2.75) is 24.7 Å². The predicted octanol–water partition coefficient (Wildman–Crippen LogP) is -2.02. The van der Waals surface area contributed by atoms with E-state index in [1.165, 1.54) is 0 Å². The molecule has 0 saturated carbocycles. The van der Waals surface area contributed by atoms with Gasteiger partial charge in [-0.2, -0.15) is 0 Å². The third-order valence-corrected chi connectivity index (χ3v) is 2.74. The number of ether oxygens (including phenoxy) is 1. The highest BCUT2D eigenvalue weighted by atomic mass is 16.6. The highest BCUT2D eigenvalue weighted by Crippen LogP contribution is 2.36. The number of esters is 1. The van der Waals surface area contributed by atoms with Gasteiger partial charge in [0.2, 0.25) is 0 Å². The Hall–Kier alpha value is -1.43. The molecule has 6 nitrogen and oxygen atoms in total. The quantitative estimate of drug-likeness (QED) is 0.289. The molecule has 0 unspecified atom stereocenters. The molecule has 2 heterocycles. The highest BCUT2D eigenvalue weighted by Gasteiger charge is 2.66. The molecule has 0 aromatic rings. The summed E-state index contributed by atoms with van der Waals surface area (Å²) in [4.78, 5) is 33.2. The van der Waals surface area contributed by atoms with Crippen LogP contribution in [-0.4, -0.2) is 41.0 Å². The molecule has 4 atom stereocenters. The van der Waals surface area contributed by atoms with Crippen molar-refractivity contribution in [1.29, 1.82) is 0 Å². The number of fused-ring (bicyclic) bond motifs is 2. The zero-order chi connectivity index (χ0) is 10.5. The first-order chi connectivity index (χ1) is 6.51. The SMILES string of the molecule is C[C@@H]1NC(=O)[C@@]2(O)C(=O)O[C@@H]1[C@@H]2C=O. The largest absolute Gasteiger partial charge is 0.457 e. The van der Waals surface area contributed by atoms with Gasteiger partial charge in [-0.1, -0.05) is 0 Å². The van der Waals surface area contributed by atoms with Crippen LogP contribution in [-0.2, 0) is 19.1 Å². The van der Waals surface area contributed by atoms with E-state index >= 15 is 0 Å². The van der Waals surface area contributed by atoms with Gasteiger partial charge in [0.1, 0.15) is 18.3 Å². The van der Waals surface area contributed by atoms with Gasteiger partial charge in [-0.3, -0.25) is 4.79 Å². The van der Waals surface area contributed by atoms with Crippen LogP contribution in [0.1, 0.15) is 6.92 Å². The van der Waals surface area contributed by atoms with Crippen LogP contribution in [0, 0.1) is 5.92 Å². The Bertz CT molecular complexity index is 328. The molecule has 0 radical (unpaired) electrons. The molecule has 2 saturated heterocycles. The summed E-state index contributed by atoms with van der Waals surface area (Å²) in [5.41, 5.74) is -2.32. The average molecular weight is 199 g/mol. The van der Waals surface area contributed by atoms with E-state index in [9.17, 15) is 19.5 Å². The zero-order valence-electron chi connectivity index (χ0n) is 7.39. The first-order valence-electron chi connectivity index (χ1n) is 4.21. The second kappa shape index (κ2) is 2.54. The Balaban J connectivity index is 2.50. The lowest BCUT2D eigenvalue weighted by Gasteiger charge is -2.31. The fourth-order valence-corrected chi connectivity index (χ4v) is 1.89. The second-order valence-electron chi connectivity index (χ2n) is 3.56. The minimum Gasteiger partial charge on any atom is -0.457 e. The van der Waals surface area contributed by atoms with E-state index in [-0.39, 0.29) is 0 Å². The summed E-state index contributed by atoms with van der Waals surface area (Å²) >= 11 is 0. The van der Waals surface area contributed by atoms with Crippen LogP contribution in [0.25, 0.3) is 0 Å². The minimum absolute atomic E-state index is 0.394. The van der Waals surface area contributed by atoms with Gasteiger partial charge < -0.3 is 20.0 Å². The second-order valence-corrected chi connectivity index (χ2v) is 3.56. The molecular weight excluding hydrogens is 190 g/mol. The molecule has 0 aromatic heterocycles. The van der Waals surface area contributed by atoms with E-state index in [0.29, 0.717) is 6.29 Å². The lowest BCUT2D eigenvalue weighted by Crippen LogP contribution is -2.63. The van der Waals surface area contributed by atoms with Crippen molar-refractivity contribution in [3.8, 4) is 0 Å². The summed E-state index contributed by atoms with van der Waals surface area (Å²) in [5, 5.41) is 12.1. The minimum atomic E-state index is -2.32. The van der Waals surface area contributed by atoms with Crippen LogP contribution in [0.4, 0.5) is 0 Å². The van der Waals surface area contributed by atoms with Gasteiger partial charge in [0.25, 0.3) is 11.5 Å². The maximum atomic E-state index is 11.3. The van der Waals surface area contributed by atoms with Crippen molar-refractivity contribution < 1.29 is 24.2 Å². The van der Waals surface area contributed by atoms with Gasteiger partial charge in [-0.25, -0.2) is 4.79 Å². The van der Waals surface area contributed by atoms with E-state index in [2.05, 4.69) is 5.32 Å². The molecule has 2 aliphatic heterocycles. The van der Waals surface area contributed by atoms with Crippen molar-refractivity contribution in [2.75, 3.05) is 0 Å². The number of amides is 1. The predicted molar refractivity (Wildman–Crippen MR) is 42.0 cm³/mol. The van der Waals surface area contributed by atoms with Gasteiger partial charge in [-0.05, 0) is 6.92 Å². The topological polar surface area (TPSA) is 92.7 Å². The fourth-order valence-electron chi connectivity index (χ4n) is 1.89. The molecule has 2 N–H and O–H groups in total. The molecule has 0 spiro atoms. The van der Waals surface area contributed by atoms with Crippen LogP contribution in [0.3, 0.4) is 0 Å². The van der Waals surface area contributed by atoms with Gasteiger partial charge in [-0.15, -0.1) is 0 Å². The first-order valence-corrected chi connectivity index (χ1v) is 4.21. The molecule has 6 heteroatoms. The molecule has 0 aromatic carbocycles. The van der Waals surface area contributed by atoms with E-state index in [4.69, 9.17) is 4.74 Å². The van der Waals surface area contributed by atoms with Crippen LogP contribution >= 0.6 is 0 Å². The molecule has 2 bridgehead atoms. The smallest absolute Gasteiger partial charge is 0.349 e. The Kier molecular flexibility index (Phi) is 1.66. The van der Waals surface area contributed by atoms with Gasteiger partial charge in [0.15, 0.2) is 0 Å². The Morgan fingerprint density at radius 3 is 2.79 bits per heavy atom. The Morgan fingerprint density at radius 1 is 1.57 bits per heavy atom. The monoisotopic (exact) mass is 199 g/mol. The number of rotatable bonds is 1. The number of hydrogen-bond acceptors (Lipinski definition) is 5. The molecule has 76 valence electrons. The van der Waals surface area contributed by atoms with E-state index in [1.54, 1.807) is 6.92 Å². The third kappa shape index (κ3) is 0.810. The number of hydrogen-bond donors (Lipinski definition) is 2. The summed E-state index contributed by atoms with van der Waals surface area (Å²) in [7, 11) is 0. The van der Waals surface area contributed by atoms with Gasteiger partial charge in [0.05, 0.1) is 6.04 Å². The number of aldehydes is 1. The molecule has 2 fully saturated rings. The van der Waals surface area contributed by atoms with Crippen LogP contribution < -0.4 is 5.32 Å². The van der Waals surface area contributed by atoms with Crippen molar-refractivity contribution in [2.24, 2.45) is 5.92 Å². The lowest BCUT2D eigenvalue weighted by molar-refractivity contribution is -0.162. The molecule has 14 heavy (non-hydrogen) atoms. The van der Waals surface area contributed by atoms with Crippen molar-refractivity contribution in [3.05, 3.63) is 0 Å². The van der Waals surface area contributed by atoms with Crippen LogP contribution in [0.5, 0.6) is 0 Å². The number of aliphatic hydroxyl groups is 1. The summed E-state index contributed by atoms with van der Waals surface area (Å²) in [6.45, 7) is 1.61. The maximum absolute atomic E-state index is 11.3. The summed E-state index contributed by atoms with van der Waals surface area (Å²) in [6, 6.07) is -0.454. The lowest BCUT2D eigenvalue weighted by atomic mass is 9.80. The molecule has 0 aliphatic carbocycles. The van der Waals surface area contributed by atoms with Gasteiger partial charge in [0, 0.05) is 0 Å². The number of carbonyl (C=O) groups excluding carboxylic acids is 3. The Morgan fingerprint density at radius 2 is 2.21 bits per heavy atom. The molecule has 1 amide bonds. The first kappa shape index (κ1) is 9.14. The van der Waals surface area contributed by atoms with Crippen molar-refractivity contribution >= 4 is 18.2 Å². The summed E-state index contributed by atoms with van der Waals surface area (Å²) < 4.78 is 4.77. The number of carbonyl (C=O) groups is 3. The zero-order valence-corrected chi connectivity index (χ0v) is 7.39. The maximum Gasteiger partial charge on any atom is 0.349 e. The van der Waals surface area contributed by atoms with E-state index < -0.39 is 35.5 Å². The van der Waals surface area contributed by atoms with Crippen molar-refractivity contribution in [3.63, 3.8) is 0 Å². The van der Waals surface area contributed by atoms with Gasteiger partial charge >= 0.3 is 5.97 Å². The summed E-state index contributed by atoms with van der Waals surface area (Å²) in [6.07, 6.45) is -0.368. The molecule has 2 rings (SSSR count). The third-order valence-electron chi connectivity index (χ3n) is 2.74.